The number of nitrogens with one attached hydrogen (secondary N) is 2. The lowest BCUT2D eigenvalue weighted by Gasteiger charge is -2.41. The average Bonchev–Trinajstić information content (AvgIpc) is 2.66. The summed E-state index contributed by atoms with van der Waals surface area (Å²) in [6.07, 6.45) is 0.179. The van der Waals surface area contributed by atoms with E-state index in [1.54, 1.807) is 0 Å². The van der Waals surface area contributed by atoms with E-state index in [1.807, 2.05) is 33.1 Å². The first-order valence-electron chi connectivity index (χ1n) is 11.6. The van der Waals surface area contributed by atoms with Gasteiger partial charge in [0.05, 0.1) is 12.1 Å². The predicted molar refractivity (Wildman–Crippen MR) is 156 cm³/mol. The molecule has 1 amide bonds. The number of carbonyl (C=O) groups excluding carboxylic acids is 2. The normalized spacial score (nSPS) is 12.4. The third-order valence-electron chi connectivity index (χ3n) is 5.10. The number of carbonyl (C=O) groups is 4. The van der Waals surface area contributed by atoms with Crippen molar-refractivity contribution in [1.82, 2.24) is 10.6 Å². The highest BCUT2D eigenvalue weighted by molar-refractivity contribution is 6.89. The summed E-state index contributed by atoms with van der Waals surface area (Å²) in [4.78, 5) is 46.6. The van der Waals surface area contributed by atoms with E-state index in [4.69, 9.17) is 18.4 Å². The van der Waals surface area contributed by atoms with Gasteiger partial charge >= 0.3 is 20.5 Å². The largest absolute Gasteiger partial charge is 0.478 e. The minimum Gasteiger partial charge on any atom is -0.478 e. The number of carboxylic acids is 2. The Balaban J connectivity index is -0.00000578. The lowest BCUT2D eigenvalue weighted by Crippen LogP contribution is -2.63. The molecule has 0 heterocycles. The molecule has 13 heteroatoms. The summed E-state index contributed by atoms with van der Waals surface area (Å²) in [6.45, 7) is 21.5. The summed E-state index contributed by atoms with van der Waals surface area (Å²) in [5, 5.41) is 23.8. The molecule has 0 rings (SSSR count). The predicted octanol–water partition coefficient (Wildman–Crippen LogP) is 4.06. The molecule has 0 aromatic carbocycles. The van der Waals surface area contributed by atoms with Crippen LogP contribution in [0.5, 0.6) is 0 Å². The van der Waals surface area contributed by atoms with E-state index in [0.717, 1.165) is 6.04 Å². The molecule has 0 fully saturated rings. The second-order valence-corrected chi connectivity index (χ2v) is 22.3. The third-order valence-corrected chi connectivity index (χ3v) is 16.8. The maximum absolute atomic E-state index is 12.9. The van der Waals surface area contributed by atoms with Gasteiger partial charge in [-0.25, -0.2) is 9.59 Å². The van der Waals surface area contributed by atoms with Crippen LogP contribution in [0.25, 0.3) is 0 Å². The van der Waals surface area contributed by atoms with Gasteiger partial charge in [0.25, 0.3) is 0 Å². The van der Waals surface area contributed by atoms with Crippen molar-refractivity contribution >= 4 is 48.8 Å². The number of aliphatic carboxylic acids is 2. The van der Waals surface area contributed by atoms with Gasteiger partial charge in [-0.1, -0.05) is 34.9 Å². The van der Waals surface area contributed by atoms with Gasteiger partial charge in [-0.3, -0.25) is 9.59 Å². The summed E-state index contributed by atoms with van der Waals surface area (Å²) in [6, 6.07) is 0.753. The number of Topliss-reactive ketones (excluding diaryl/α,β-unsaturated/α-hetero) is 1. The molecule has 0 saturated heterocycles. The lowest BCUT2D eigenvalue weighted by atomic mass is 10.1. The molecule has 0 bridgehead atoms. The highest BCUT2D eigenvalue weighted by atomic mass is 28.5. The van der Waals surface area contributed by atoms with Crippen LogP contribution >= 0.6 is 0 Å². The molecule has 216 valence electrons. The van der Waals surface area contributed by atoms with E-state index in [-0.39, 0.29) is 50.5 Å². The maximum Gasteiger partial charge on any atom is 0.331 e. The highest BCUT2D eigenvalue weighted by Gasteiger charge is 2.45. The molecule has 0 saturated carbocycles. The molecule has 10 nitrogen and oxygen atoms in total. The molecule has 4 N–H and O–H groups in total. The van der Waals surface area contributed by atoms with Gasteiger partial charge in [-0.15, -0.1) is 0 Å². The lowest BCUT2D eigenvalue weighted by molar-refractivity contribution is -0.134. The molecule has 0 aliphatic rings. The Morgan fingerprint density at radius 1 is 0.865 bits per heavy atom. The standard InChI is InChI=1S/C22H42N2O8Si3.2CH4/c1-10-23-20(18(25)14-16(2)21(27)28)34(6,7)32-35(8,9)31-33(4,5)13-11-12-24-19(26)15-17(3)22(29)30;;/h20,23H,2-3,10-15H2,1,4-9H3,(H,24,26)(H,27,28)(H,29,30);2*1H4. The van der Waals surface area contributed by atoms with Gasteiger partial charge in [0, 0.05) is 24.1 Å². The second kappa shape index (κ2) is 16.8. The number of likely N-dealkylation sites (N-methyl/N-ethyl adjacent to an activating group) is 1. The van der Waals surface area contributed by atoms with Crippen molar-refractivity contribution in [3.63, 3.8) is 0 Å². The van der Waals surface area contributed by atoms with Crippen molar-refractivity contribution in [2.75, 3.05) is 13.1 Å². The molecule has 0 aromatic heterocycles. The summed E-state index contributed by atoms with van der Waals surface area (Å²) in [7, 11) is -7.53. The second-order valence-electron chi connectivity index (χ2n) is 10.0. The topological polar surface area (TPSA) is 151 Å². The molecular formula is C24H50N2O8Si3. The first-order valence-corrected chi connectivity index (χ1v) is 20.5. The number of ketones is 1. The minimum atomic E-state index is -2.68. The van der Waals surface area contributed by atoms with E-state index in [2.05, 4.69) is 36.9 Å². The van der Waals surface area contributed by atoms with E-state index in [1.165, 1.54) is 0 Å². The molecular weight excluding hydrogens is 529 g/mol. The number of carboxylic acid groups (broad SMARTS) is 2. The SMILES string of the molecule is C.C.C=C(CC(=O)NCCC[Si](C)(C)O[Si](C)(C)O[Si](C)(C)C(NCC)C(=O)CC(=C)C(=O)O)C(=O)O. The first kappa shape index (κ1) is 39.6. The van der Waals surface area contributed by atoms with Crippen molar-refractivity contribution in [3.8, 4) is 0 Å². The Kier molecular flexibility index (Phi) is 18.0. The molecule has 0 aromatic rings. The van der Waals surface area contributed by atoms with Gasteiger partial charge in [0.2, 0.25) is 5.91 Å². The molecule has 0 radical (unpaired) electrons. The number of amides is 1. The third kappa shape index (κ3) is 15.8. The molecule has 0 spiro atoms. The molecule has 1 unspecified atom stereocenters. The van der Waals surface area contributed by atoms with Crippen LogP contribution in [0.4, 0.5) is 0 Å². The van der Waals surface area contributed by atoms with Crippen molar-refractivity contribution in [2.24, 2.45) is 0 Å². The van der Waals surface area contributed by atoms with Crippen LogP contribution < -0.4 is 10.6 Å². The fourth-order valence-corrected chi connectivity index (χ4v) is 18.3. The molecule has 0 aliphatic heterocycles. The summed E-state index contributed by atoms with van der Waals surface area (Å²) >= 11 is 0. The quantitative estimate of drug-likeness (QED) is 0.107. The van der Waals surface area contributed by atoms with Gasteiger partial charge in [-0.05, 0) is 58.3 Å². The van der Waals surface area contributed by atoms with Crippen molar-refractivity contribution < 1.29 is 37.6 Å². The van der Waals surface area contributed by atoms with Crippen molar-refractivity contribution in [3.05, 3.63) is 24.3 Å². The number of hydrogen-bond acceptors (Lipinski definition) is 7. The average molecular weight is 579 g/mol. The van der Waals surface area contributed by atoms with Crippen molar-refractivity contribution in [1.29, 1.82) is 0 Å². The van der Waals surface area contributed by atoms with Gasteiger partial charge in [-0.2, -0.15) is 0 Å². The summed E-state index contributed by atoms with van der Waals surface area (Å²) in [5.74, 6) is -3.01. The van der Waals surface area contributed by atoms with Crippen molar-refractivity contribution in [2.45, 2.75) is 92.0 Å². The minimum absolute atomic E-state index is 0. The number of hydrogen-bond donors (Lipinski definition) is 4. The Morgan fingerprint density at radius 3 is 1.81 bits per heavy atom. The smallest absolute Gasteiger partial charge is 0.331 e. The maximum atomic E-state index is 12.9. The van der Waals surface area contributed by atoms with E-state index in [0.29, 0.717) is 19.5 Å². The van der Waals surface area contributed by atoms with Gasteiger partial charge in [0.15, 0.2) is 22.4 Å². The Hall–Kier alpha value is -1.91. The first-order chi connectivity index (χ1) is 15.8. The summed E-state index contributed by atoms with van der Waals surface area (Å²) < 4.78 is 13.1. The van der Waals surface area contributed by atoms with E-state index < -0.39 is 42.8 Å². The Morgan fingerprint density at radius 2 is 1.35 bits per heavy atom. The van der Waals surface area contributed by atoms with Crippen LogP contribution in [-0.2, 0) is 27.4 Å². The fourth-order valence-electron chi connectivity index (χ4n) is 3.84. The van der Waals surface area contributed by atoms with Crippen LogP contribution in [0.3, 0.4) is 0 Å². The van der Waals surface area contributed by atoms with Crippen LogP contribution in [-0.4, -0.2) is 77.8 Å². The zero-order chi connectivity index (χ0) is 27.6. The molecule has 1 atom stereocenters. The Labute approximate surface area is 226 Å². The Bertz CT molecular complexity index is 829. The van der Waals surface area contributed by atoms with Crippen LogP contribution in [0.15, 0.2) is 24.3 Å². The van der Waals surface area contributed by atoms with Crippen LogP contribution in [0, 0.1) is 0 Å². The summed E-state index contributed by atoms with van der Waals surface area (Å²) in [5.41, 5.74) is -0.901. The van der Waals surface area contributed by atoms with E-state index in [9.17, 15) is 19.2 Å². The molecule has 37 heavy (non-hydrogen) atoms. The number of rotatable bonds is 18. The van der Waals surface area contributed by atoms with Gasteiger partial charge < -0.3 is 29.1 Å². The fraction of sp³-hybridized carbons (Fsp3) is 0.667. The van der Waals surface area contributed by atoms with E-state index >= 15 is 0 Å². The zero-order valence-corrected chi connectivity index (χ0v) is 25.1. The van der Waals surface area contributed by atoms with Gasteiger partial charge in [0.1, 0.15) is 0 Å². The zero-order valence-electron chi connectivity index (χ0n) is 22.1. The molecule has 0 aliphatic carbocycles. The van der Waals surface area contributed by atoms with Crippen LogP contribution in [0.2, 0.25) is 45.3 Å². The monoisotopic (exact) mass is 578 g/mol. The van der Waals surface area contributed by atoms with Crippen LogP contribution in [0.1, 0.15) is 41.0 Å². The highest BCUT2D eigenvalue weighted by Crippen LogP contribution is 2.26.